The third-order valence-corrected chi connectivity index (χ3v) is 9.60. The van der Waals surface area contributed by atoms with Gasteiger partial charge >= 0.3 is 0 Å². The minimum atomic E-state index is -1.15. The van der Waals surface area contributed by atoms with Crippen molar-refractivity contribution >= 4 is 43.3 Å². The first kappa shape index (κ1) is 29.9. The molecule has 1 atom stereocenters. The number of hydrogen-bond donors (Lipinski definition) is 3. The lowest BCUT2D eigenvalue weighted by atomic mass is 9.85. The fourth-order valence-corrected chi connectivity index (χ4v) is 5.80. The molecular weight excluding hydrogens is 546 g/mol. The predicted octanol–water partition coefficient (Wildman–Crippen LogP) is 5.96. The quantitative estimate of drug-likeness (QED) is 0.136. The maximum Gasteiger partial charge on any atom is 0.227 e. The second-order valence-electron chi connectivity index (χ2n) is 12.5. The lowest BCUT2D eigenvalue weighted by Crippen LogP contribution is -2.44. The summed E-state index contributed by atoms with van der Waals surface area (Å²) in [5, 5.41) is 19.4. The molecule has 1 saturated heterocycles. The summed E-state index contributed by atoms with van der Waals surface area (Å²) in [5.74, 6) is 2.22. The van der Waals surface area contributed by atoms with Crippen LogP contribution in [0.5, 0.6) is 0 Å². The Morgan fingerprint density at radius 1 is 1.21 bits per heavy atom. The van der Waals surface area contributed by atoms with E-state index in [9.17, 15) is 4.79 Å². The summed E-state index contributed by atoms with van der Waals surface area (Å²) in [6, 6.07) is 13.0. The Morgan fingerprint density at radius 3 is 2.67 bits per heavy atom. The summed E-state index contributed by atoms with van der Waals surface area (Å²) in [6.45, 7) is 12.2. The van der Waals surface area contributed by atoms with Gasteiger partial charge in [-0.2, -0.15) is 5.10 Å². The number of hydrogen-bond acceptors (Lipinski definition) is 8. The fourth-order valence-electron chi connectivity index (χ4n) is 5.04. The van der Waals surface area contributed by atoms with Gasteiger partial charge in [-0.15, -0.1) is 0 Å². The molecule has 0 bridgehead atoms. The number of morpholine rings is 1. The number of carbonyl (C=O) groups is 1. The highest BCUT2D eigenvalue weighted by atomic mass is 28.3. The van der Waals surface area contributed by atoms with Crippen LogP contribution in [0, 0.1) is 11.3 Å². The zero-order valence-corrected chi connectivity index (χ0v) is 26.2. The van der Waals surface area contributed by atoms with E-state index in [2.05, 4.69) is 47.2 Å². The molecule has 0 unspecified atom stereocenters. The van der Waals surface area contributed by atoms with Crippen molar-refractivity contribution in [3.8, 4) is 11.1 Å². The van der Waals surface area contributed by atoms with E-state index < -0.39 is 8.07 Å². The van der Waals surface area contributed by atoms with E-state index in [0.717, 1.165) is 61.1 Å². The van der Waals surface area contributed by atoms with E-state index in [4.69, 9.17) is 19.9 Å². The van der Waals surface area contributed by atoms with E-state index in [1.165, 1.54) is 6.21 Å². The molecular formula is C31H43N7O3Si. The maximum absolute atomic E-state index is 12.4. The summed E-state index contributed by atoms with van der Waals surface area (Å²) in [6.07, 6.45) is 6.27. The number of rotatable bonds is 12. The molecule has 224 valence electrons. The fraction of sp³-hybridized carbons (Fsp3) is 0.484. The Balaban J connectivity index is 1.40. The number of benzene rings is 1. The SMILES string of the molecule is C[C@@H]1COCCN1c1cc(-c2ccc(NC(=O)C3CCC3)cc2)c(C=N)c(Nc2ccn(COCC[Si](C)(C)C)n2)n1. The highest BCUT2D eigenvalue weighted by Gasteiger charge is 2.26. The van der Waals surface area contributed by atoms with Gasteiger partial charge in [-0.25, -0.2) is 9.67 Å². The van der Waals surface area contributed by atoms with Gasteiger partial charge in [0.15, 0.2) is 5.82 Å². The number of nitrogens with zero attached hydrogens (tertiary/aromatic N) is 4. The Morgan fingerprint density at radius 2 is 2.00 bits per heavy atom. The van der Waals surface area contributed by atoms with E-state index in [0.29, 0.717) is 37.1 Å². The summed E-state index contributed by atoms with van der Waals surface area (Å²) in [4.78, 5) is 19.7. The summed E-state index contributed by atoms with van der Waals surface area (Å²) in [7, 11) is -1.15. The second-order valence-corrected chi connectivity index (χ2v) is 18.1. The van der Waals surface area contributed by atoms with Crippen LogP contribution in [-0.2, 0) is 21.0 Å². The highest BCUT2D eigenvalue weighted by molar-refractivity contribution is 6.76. The minimum absolute atomic E-state index is 0.0917. The van der Waals surface area contributed by atoms with Crippen LogP contribution in [0.4, 0.5) is 23.1 Å². The molecule has 3 heterocycles. The van der Waals surface area contributed by atoms with Gasteiger partial charge in [0.25, 0.3) is 0 Å². The molecule has 2 aromatic heterocycles. The monoisotopic (exact) mass is 589 g/mol. The average molecular weight is 590 g/mol. The molecule has 1 aliphatic carbocycles. The van der Waals surface area contributed by atoms with Crippen molar-refractivity contribution in [1.82, 2.24) is 14.8 Å². The normalized spacial score (nSPS) is 17.5. The molecule has 2 aliphatic rings. The molecule has 0 radical (unpaired) electrons. The van der Waals surface area contributed by atoms with Crippen LogP contribution in [0.2, 0.25) is 25.7 Å². The van der Waals surface area contributed by atoms with E-state index >= 15 is 0 Å². The molecule has 3 N–H and O–H groups in total. The van der Waals surface area contributed by atoms with Crippen molar-refractivity contribution in [3.63, 3.8) is 0 Å². The number of aromatic nitrogens is 3. The molecule has 1 saturated carbocycles. The van der Waals surface area contributed by atoms with Crippen molar-refractivity contribution in [2.75, 3.05) is 41.9 Å². The van der Waals surface area contributed by atoms with E-state index in [1.54, 1.807) is 4.68 Å². The predicted molar refractivity (Wildman–Crippen MR) is 171 cm³/mol. The Labute approximate surface area is 249 Å². The van der Waals surface area contributed by atoms with E-state index in [-0.39, 0.29) is 17.9 Å². The van der Waals surface area contributed by atoms with Gasteiger partial charge in [-0.1, -0.05) is 38.2 Å². The smallest absolute Gasteiger partial charge is 0.227 e. The first-order chi connectivity index (χ1) is 20.2. The lowest BCUT2D eigenvalue weighted by molar-refractivity contribution is -0.122. The first-order valence-electron chi connectivity index (χ1n) is 14.9. The average Bonchev–Trinajstić information content (AvgIpc) is 3.37. The zero-order chi connectivity index (χ0) is 29.7. The molecule has 2 fully saturated rings. The largest absolute Gasteiger partial charge is 0.377 e. The third-order valence-electron chi connectivity index (χ3n) is 7.90. The van der Waals surface area contributed by atoms with Crippen LogP contribution in [0.25, 0.3) is 11.1 Å². The van der Waals surface area contributed by atoms with E-state index in [1.807, 2.05) is 42.6 Å². The van der Waals surface area contributed by atoms with Crippen LogP contribution < -0.4 is 15.5 Å². The van der Waals surface area contributed by atoms with Crippen molar-refractivity contribution < 1.29 is 14.3 Å². The number of ether oxygens (including phenoxy) is 2. The lowest BCUT2D eigenvalue weighted by Gasteiger charge is -2.35. The molecule has 3 aromatic rings. The summed E-state index contributed by atoms with van der Waals surface area (Å²) in [5.41, 5.74) is 3.25. The minimum Gasteiger partial charge on any atom is -0.377 e. The topological polar surface area (TPSA) is 117 Å². The standard InChI is InChI=1S/C31H43N7O3Si/c1-22-20-40-15-14-38(22)29-18-26(23-8-10-25(11-9-23)33-31(39)24-6-5-7-24)27(19-32)30(35-29)34-28-12-13-37(36-28)21-41-16-17-42(2,3)4/h8-13,18-19,22,24,32H,5-7,14-17,20-21H2,1-4H3,(H,33,39)(H,34,35,36)/t22-/m1/s1. The Kier molecular flexibility index (Phi) is 9.39. The van der Waals surface area contributed by atoms with Crippen LogP contribution in [-0.4, -0.2) is 67.4 Å². The number of amides is 1. The van der Waals surface area contributed by atoms with Crippen molar-refractivity contribution in [1.29, 1.82) is 5.41 Å². The zero-order valence-electron chi connectivity index (χ0n) is 25.2. The van der Waals surface area contributed by atoms with Crippen LogP contribution in [0.1, 0.15) is 31.7 Å². The third kappa shape index (κ3) is 7.45. The van der Waals surface area contributed by atoms with Gasteiger partial charge in [0.2, 0.25) is 5.91 Å². The highest BCUT2D eigenvalue weighted by Crippen LogP contribution is 2.34. The van der Waals surface area contributed by atoms with Crippen LogP contribution in [0.15, 0.2) is 42.6 Å². The maximum atomic E-state index is 12.4. The number of nitrogens with one attached hydrogen (secondary N) is 3. The Hall–Kier alpha value is -3.54. The molecule has 1 amide bonds. The molecule has 11 heteroatoms. The van der Waals surface area contributed by atoms with Gasteiger partial charge < -0.3 is 30.4 Å². The first-order valence-corrected chi connectivity index (χ1v) is 18.6. The van der Waals surface area contributed by atoms with Gasteiger partial charge in [0.05, 0.1) is 19.3 Å². The van der Waals surface area contributed by atoms with Gasteiger partial charge in [0.1, 0.15) is 18.4 Å². The van der Waals surface area contributed by atoms with Gasteiger partial charge in [-0.3, -0.25) is 4.79 Å². The second kappa shape index (κ2) is 13.2. The number of anilines is 4. The van der Waals surface area contributed by atoms with Crippen LogP contribution in [0.3, 0.4) is 0 Å². The molecule has 5 rings (SSSR count). The van der Waals surface area contributed by atoms with Crippen molar-refractivity contribution in [2.45, 2.75) is 64.6 Å². The summed E-state index contributed by atoms with van der Waals surface area (Å²) >= 11 is 0. The number of carbonyl (C=O) groups excluding carboxylic acids is 1. The Bertz CT molecular complexity index is 1380. The summed E-state index contributed by atoms with van der Waals surface area (Å²) < 4.78 is 13.3. The molecule has 1 aliphatic heterocycles. The van der Waals surface area contributed by atoms with Crippen molar-refractivity contribution in [2.24, 2.45) is 5.92 Å². The molecule has 1 aromatic carbocycles. The molecule has 0 spiro atoms. The number of pyridine rings is 1. The van der Waals surface area contributed by atoms with Crippen LogP contribution >= 0.6 is 0 Å². The van der Waals surface area contributed by atoms with Gasteiger partial charge in [-0.05, 0) is 55.1 Å². The molecule has 42 heavy (non-hydrogen) atoms. The molecule has 10 nitrogen and oxygen atoms in total. The van der Waals surface area contributed by atoms with Gasteiger partial charge in [0, 0.05) is 56.9 Å². The van der Waals surface area contributed by atoms with Crippen molar-refractivity contribution in [3.05, 3.63) is 48.2 Å².